The number of aryl methyl sites for hydroxylation is 1. The van der Waals surface area contributed by atoms with Gasteiger partial charge in [-0.3, -0.25) is 13.7 Å². The van der Waals surface area contributed by atoms with E-state index in [-0.39, 0.29) is 40.0 Å². The first-order valence-electron chi connectivity index (χ1n) is 11.2. The number of nitrogens with zero attached hydrogens (tertiary/aromatic N) is 4. The molecule has 4 aromatic rings. The number of nitrogens with two attached hydrogens (primary N) is 1. The first-order chi connectivity index (χ1) is 19.8. The van der Waals surface area contributed by atoms with Crippen LogP contribution >= 0.6 is 0 Å². The van der Waals surface area contributed by atoms with E-state index in [1.165, 1.54) is 18.2 Å². The molecule has 226 valence electrons. The Morgan fingerprint density at radius 2 is 1.16 bits per heavy atom. The van der Waals surface area contributed by atoms with E-state index in [1.807, 2.05) is 0 Å². The number of rotatable bonds is 7. The van der Waals surface area contributed by atoms with Gasteiger partial charge in [0.15, 0.2) is 17.4 Å². The lowest BCUT2D eigenvalue weighted by Gasteiger charge is -2.12. The average molecular weight is 658 g/mol. The Morgan fingerprint density at radius 1 is 0.628 bits per heavy atom. The van der Waals surface area contributed by atoms with Crippen LogP contribution in [0.25, 0.3) is 10.8 Å². The molecule has 6 N–H and O–H groups in total. The molecule has 4 rings (SSSR count). The van der Waals surface area contributed by atoms with Crippen molar-refractivity contribution in [1.29, 1.82) is 0 Å². The van der Waals surface area contributed by atoms with Gasteiger partial charge in [-0.15, -0.1) is 20.5 Å². The number of phenols is 1. The van der Waals surface area contributed by atoms with Crippen LogP contribution in [0.1, 0.15) is 5.56 Å². The minimum Gasteiger partial charge on any atom is -0.505 e. The van der Waals surface area contributed by atoms with Crippen LogP contribution in [0.2, 0.25) is 0 Å². The Labute approximate surface area is 241 Å². The summed E-state index contributed by atoms with van der Waals surface area (Å²) in [6.45, 7) is 1.54. The highest BCUT2D eigenvalue weighted by Crippen LogP contribution is 2.46. The van der Waals surface area contributed by atoms with Crippen molar-refractivity contribution in [3.8, 4) is 5.75 Å². The number of phenolic OH excluding ortho intramolecular Hbond substituents is 1. The minimum absolute atomic E-state index is 0.0878. The van der Waals surface area contributed by atoms with E-state index < -0.39 is 73.8 Å². The van der Waals surface area contributed by atoms with Gasteiger partial charge < -0.3 is 10.8 Å². The lowest BCUT2D eigenvalue weighted by Crippen LogP contribution is -2.01. The van der Waals surface area contributed by atoms with Gasteiger partial charge in [0.2, 0.25) is 0 Å². The van der Waals surface area contributed by atoms with E-state index in [9.17, 15) is 52.8 Å². The molecule has 0 amide bonds. The smallest absolute Gasteiger partial charge is 0.296 e. The minimum atomic E-state index is -5.27. The largest absolute Gasteiger partial charge is 0.505 e. The lowest BCUT2D eigenvalue weighted by atomic mass is 10.1. The SMILES string of the molecule is Cc1ccc(N=Nc2c(N)ccc3c(O)c(N=Nc4cc(F)c(F)cc4S(=O)(=O)O)c(S(=O)(=O)O)cc23)c(S(=O)(=O)O)c1. The molecule has 0 fully saturated rings. The number of benzene rings is 4. The fourth-order valence-corrected chi connectivity index (χ4v) is 5.72. The Hall–Kier alpha value is -4.47. The summed E-state index contributed by atoms with van der Waals surface area (Å²) in [5, 5.41) is 24.8. The fraction of sp³-hybridized carbons (Fsp3) is 0.0435. The fourth-order valence-electron chi connectivity index (χ4n) is 3.75. The molecule has 0 aliphatic carbocycles. The summed E-state index contributed by atoms with van der Waals surface area (Å²) in [4.78, 5) is -3.01. The van der Waals surface area contributed by atoms with Crippen molar-refractivity contribution in [2.75, 3.05) is 5.73 Å². The van der Waals surface area contributed by atoms with Crippen LogP contribution in [0.5, 0.6) is 5.75 Å². The number of hydrogen-bond acceptors (Lipinski definition) is 12. The number of anilines is 1. The number of azo groups is 2. The van der Waals surface area contributed by atoms with Gasteiger partial charge in [-0.05, 0) is 42.8 Å². The Kier molecular flexibility index (Phi) is 8.04. The van der Waals surface area contributed by atoms with Crippen LogP contribution < -0.4 is 5.73 Å². The van der Waals surface area contributed by atoms with E-state index in [4.69, 9.17) is 5.73 Å². The number of nitrogen functional groups attached to an aromatic ring is 1. The van der Waals surface area contributed by atoms with Crippen molar-refractivity contribution >= 4 is 69.6 Å². The first-order valence-corrected chi connectivity index (χ1v) is 15.5. The molecule has 43 heavy (non-hydrogen) atoms. The number of hydrogen-bond donors (Lipinski definition) is 5. The molecule has 0 aliphatic heterocycles. The quantitative estimate of drug-likeness (QED) is 0.0969. The second kappa shape index (κ2) is 11.0. The molecule has 0 saturated heterocycles. The molecule has 20 heteroatoms. The molecule has 0 aromatic heterocycles. The molecule has 0 atom stereocenters. The standard InChI is InChI=1S/C23H17F2N5O10S3/c1-10-2-5-16(18(6-10)41(32,33)34)27-29-21-12-7-20(43(38,39)40)22(23(31)11(12)3-4-15(21)26)30-28-17-8-13(24)14(25)9-19(17)42(35,36)37/h2-9,31H,26H2,1H3,(H,32,33,34)(H,35,36,37)(H,38,39,40). The highest BCUT2D eigenvalue weighted by Gasteiger charge is 2.25. The maximum Gasteiger partial charge on any atom is 0.296 e. The summed E-state index contributed by atoms with van der Waals surface area (Å²) in [5.74, 6) is -4.29. The third-order valence-electron chi connectivity index (χ3n) is 5.70. The Balaban J connectivity index is 1.98. The highest BCUT2D eigenvalue weighted by molar-refractivity contribution is 7.86. The number of halogens is 2. The summed E-state index contributed by atoms with van der Waals surface area (Å²) in [5.41, 5.74) is 3.57. The first kappa shape index (κ1) is 31.5. The highest BCUT2D eigenvalue weighted by atomic mass is 32.2. The lowest BCUT2D eigenvalue weighted by molar-refractivity contribution is 0.471. The number of aromatic hydroxyl groups is 1. The molecule has 0 saturated carbocycles. The molecule has 0 aliphatic rings. The maximum atomic E-state index is 13.8. The Morgan fingerprint density at radius 3 is 1.77 bits per heavy atom. The van der Waals surface area contributed by atoms with Crippen molar-refractivity contribution < 1.29 is 52.8 Å². The molecular formula is C23H17F2N5O10S3. The molecule has 15 nitrogen and oxygen atoms in total. The summed E-state index contributed by atoms with van der Waals surface area (Å²) in [7, 11) is -15.2. The molecule has 0 unspecified atom stereocenters. The van der Waals surface area contributed by atoms with Gasteiger partial charge in [-0.1, -0.05) is 6.07 Å². The van der Waals surface area contributed by atoms with Gasteiger partial charge >= 0.3 is 0 Å². The summed E-state index contributed by atoms with van der Waals surface area (Å²) in [6.07, 6.45) is 0. The van der Waals surface area contributed by atoms with Crippen LogP contribution in [0.15, 0.2) is 83.7 Å². The second-order valence-electron chi connectivity index (χ2n) is 8.70. The summed E-state index contributed by atoms with van der Waals surface area (Å²) < 4.78 is 128. The van der Waals surface area contributed by atoms with E-state index in [0.717, 1.165) is 18.2 Å². The summed E-state index contributed by atoms with van der Waals surface area (Å²) in [6, 6.07) is 7.13. The van der Waals surface area contributed by atoms with Gasteiger partial charge in [0, 0.05) is 22.9 Å². The van der Waals surface area contributed by atoms with E-state index in [0.29, 0.717) is 5.56 Å². The molecule has 0 spiro atoms. The third-order valence-corrected chi connectivity index (χ3v) is 8.34. The number of fused-ring (bicyclic) bond motifs is 1. The van der Waals surface area contributed by atoms with E-state index in [2.05, 4.69) is 20.5 Å². The predicted octanol–water partition coefficient (Wildman–Crippen LogP) is 5.29. The van der Waals surface area contributed by atoms with Gasteiger partial charge in [0.25, 0.3) is 30.4 Å². The predicted molar refractivity (Wildman–Crippen MR) is 145 cm³/mol. The molecule has 0 radical (unpaired) electrons. The summed E-state index contributed by atoms with van der Waals surface area (Å²) >= 11 is 0. The monoisotopic (exact) mass is 657 g/mol. The van der Waals surface area contributed by atoms with Crippen molar-refractivity contribution in [2.24, 2.45) is 20.5 Å². The second-order valence-corrected chi connectivity index (χ2v) is 12.9. The molecule has 0 bridgehead atoms. The van der Waals surface area contributed by atoms with Crippen LogP contribution in [0.4, 0.5) is 37.2 Å². The van der Waals surface area contributed by atoms with Gasteiger partial charge in [0.1, 0.15) is 37.4 Å². The van der Waals surface area contributed by atoms with Crippen LogP contribution in [-0.2, 0) is 30.4 Å². The van der Waals surface area contributed by atoms with Gasteiger partial charge in [-0.25, -0.2) is 8.78 Å². The van der Waals surface area contributed by atoms with Crippen molar-refractivity contribution in [2.45, 2.75) is 21.6 Å². The molecule has 0 heterocycles. The zero-order valence-corrected chi connectivity index (χ0v) is 23.7. The topological polar surface area (TPSA) is 259 Å². The Bertz CT molecular complexity index is 2220. The zero-order valence-electron chi connectivity index (χ0n) is 21.2. The third kappa shape index (κ3) is 6.48. The zero-order chi connectivity index (χ0) is 32.1. The van der Waals surface area contributed by atoms with E-state index >= 15 is 0 Å². The van der Waals surface area contributed by atoms with Crippen LogP contribution in [0, 0.1) is 18.6 Å². The van der Waals surface area contributed by atoms with Gasteiger partial charge in [-0.2, -0.15) is 25.3 Å². The maximum absolute atomic E-state index is 13.8. The van der Waals surface area contributed by atoms with Crippen LogP contribution in [-0.4, -0.2) is 44.0 Å². The van der Waals surface area contributed by atoms with Crippen LogP contribution in [0.3, 0.4) is 0 Å². The van der Waals surface area contributed by atoms with Gasteiger partial charge in [0.05, 0.1) is 5.69 Å². The molecule has 4 aromatic carbocycles. The van der Waals surface area contributed by atoms with E-state index in [1.54, 1.807) is 6.92 Å². The van der Waals surface area contributed by atoms with Crippen molar-refractivity contribution in [3.05, 3.63) is 65.7 Å². The van der Waals surface area contributed by atoms with Crippen molar-refractivity contribution in [1.82, 2.24) is 0 Å². The molecular weight excluding hydrogens is 640 g/mol. The normalized spacial score (nSPS) is 13.0. The average Bonchev–Trinajstić information content (AvgIpc) is 2.88. The van der Waals surface area contributed by atoms with Crippen molar-refractivity contribution in [3.63, 3.8) is 0 Å².